The minimum Gasteiger partial charge on any atom is -0.307 e. The molecule has 0 spiro atoms. The fourth-order valence-corrected chi connectivity index (χ4v) is 9.76. The molecule has 0 saturated heterocycles. The van der Waals surface area contributed by atoms with Crippen molar-refractivity contribution in [3.8, 4) is 78.9 Å². The van der Waals surface area contributed by atoms with Gasteiger partial charge >= 0.3 is 0 Å². The zero-order valence-corrected chi connectivity index (χ0v) is 36.5. The number of nitrogens with zero attached hydrogens (tertiary/aromatic N) is 5. The third-order valence-electron chi connectivity index (χ3n) is 12.8. The second-order valence-corrected chi connectivity index (χ2v) is 16.8. The lowest BCUT2D eigenvalue weighted by Crippen LogP contribution is -2.07. The van der Waals surface area contributed by atoms with Gasteiger partial charge in [-0.25, -0.2) is 4.98 Å². The molecule has 0 amide bonds. The number of para-hydroxylation sites is 2. The molecule has 0 bridgehead atoms. The Hall–Kier alpha value is -9.19. The SMILES string of the molecule is [2H]c1c([2H])c([2H])c(-c2cc(-c3ccccc3)cc(-n3c4ccccc4c4ccc5c6ccccc6n(-c6nc(-c7ccccc7)nc(-c7ccc(-c8ccccc8)cc7-c7ccccc7)n6)c5c43)c2)c([2H])c1[2H]. The minimum atomic E-state index is -0.437. The van der Waals surface area contributed by atoms with Crippen LogP contribution in [0.4, 0.5) is 0 Å². The topological polar surface area (TPSA) is 48.5 Å². The molecule has 5 heteroatoms. The average molecular weight is 873 g/mol. The molecule has 0 unspecified atom stereocenters. The average Bonchev–Trinajstić information content (AvgIpc) is 3.98. The van der Waals surface area contributed by atoms with Crippen LogP contribution in [0.5, 0.6) is 0 Å². The Labute approximate surface area is 400 Å². The van der Waals surface area contributed by atoms with Gasteiger partial charge in [0.15, 0.2) is 11.6 Å². The lowest BCUT2D eigenvalue weighted by molar-refractivity contribution is 0.953. The number of hydrogen-bond acceptors (Lipinski definition) is 3. The van der Waals surface area contributed by atoms with Gasteiger partial charge in [-0.2, -0.15) is 9.97 Å². The number of rotatable bonds is 8. The van der Waals surface area contributed by atoms with Crippen molar-refractivity contribution in [3.05, 3.63) is 249 Å². The van der Waals surface area contributed by atoms with E-state index in [9.17, 15) is 0 Å². The summed E-state index contributed by atoms with van der Waals surface area (Å²) in [7, 11) is 0. The number of aromatic nitrogens is 5. The molecule has 0 N–H and O–H groups in total. The molecule has 0 radical (unpaired) electrons. The lowest BCUT2D eigenvalue weighted by atomic mass is 9.94. The molecule has 0 atom stereocenters. The van der Waals surface area contributed by atoms with Gasteiger partial charge < -0.3 is 4.57 Å². The Morgan fingerprint density at radius 3 is 1.44 bits per heavy atom. The molecule has 68 heavy (non-hydrogen) atoms. The van der Waals surface area contributed by atoms with Crippen molar-refractivity contribution < 1.29 is 6.85 Å². The molecule has 13 aromatic rings. The summed E-state index contributed by atoms with van der Waals surface area (Å²) in [5, 5.41) is 3.99. The first-order valence-electron chi connectivity index (χ1n) is 25.1. The van der Waals surface area contributed by atoms with E-state index in [1.165, 1.54) is 0 Å². The molecule has 3 aromatic heterocycles. The van der Waals surface area contributed by atoms with E-state index in [0.717, 1.165) is 93.8 Å². The Bertz CT molecular complexity index is 4280. The Morgan fingerprint density at radius 2 is 0.809 bits per heavy atom. The molecule has 5 nitrogen and oxygen atoms in total. The van der Waals surface area contributed by atoms with E-state index in [1.807, 2.05) is 115 Å². The summed E-state index contributed by atoms with van der Waals surface area (Å²) < 4.78 is 48.4. The van der Waals surface area contributed by atoms with Crippen LogP contribution < -0.4 is 0 Å². The van der Waals surface area contributed by atoms with Crippen LogP contribution in [-0.2, 0) is 0 Å². The molecule has 0 aliphatic rings. The standard InChI is InChI=1S/C63H41N5/c1-6-20-42(21-7-1)47-34-35-55(56(41-47)45-26-12-4-13-27-45)62-64-61(46-28-14-5-15-29-46)65-63(66-62)68-58-33-19-17-31-52(58)54-37-36-53-51-30-16-18-32-57(51)67(59(53)60(54)68)50-39-48(43-22-8-2-9-23-43)38-49(40-50)44-24-10-3-11-25-44/h1-41H/i2D,8D,9D,22D,23D. The molecule has 0 aliphatic carbocycles. The fraction of sp³-hybridized carbons (Fsp3) is 0. The van der Waals surface area contributed by atoms with Crippen molar-refractivity contribution in [1.29, 1.82) is 0 Å². The van der Waals surface area contributed by atoms with Crippen molar-refractivity contribution in [2.24, 2.45) is 0 Å². The highest BCUT2D eigenvalue weighted by atomic mass is 15.2. The Morgan fingerprint density at radius 1 is 0.309 bits per heavy atom. The van der Waals surface area contributed by atoms with Gasteiger partial charge in [-0.15, -0.1) is 0 Å². The predicted molar refractivity (Wildman–Crippen MR) is 281 cm³/mol. The summed E-state index contributed by atoms with van der Waals surface area (Å²) in [6.07, 6.45) is 0. The summed E-state index contributed by atoms with van der Waals surface area (Å²) in [5.74, 6) is 1.47. The molecule has 318 valence electrons. The van der Waals surface area contributed by atoms with E-state index in [2.05, 4.69) is 112 Å². The summed E-state index contributed by atoms with van der Waals surface area (Å²) in [6, 6.07) is 72.4. The van der Waals surface area contributed by atoms with E-state index < -0.39 is 6.04 Å². The van der Waals surface area contributed by atoms with Gasteiger partial charge in [0.1, 0.15) is 0 Å². The highest BCUT2D eigenvalue weighted by Gasteiger charge is 2.25. The van der Waals surface area contributed by atoms with E-state index in [0.29, 0.717) is 23.2 Å². The van der Waals surface area contributed by atoms with Crippen molar-refractivity contribution in [3.63, 3.8) is 0 Å². The maximum atomic E-state index is 9.12. The van der Waals surface area contributed by atoms with Gasteiger partial charge in [-0.05, 0) is 87.0 Å². The molecule has 13 rings (SSSR count). The van der Waals surface area contributed by atoms with Crippen LogP contribution in [0, 0.1) is 0 Å². The van der Waals surface area contributed by atoms with Crippen LogP contribution in [0.15, 0.2) is 249 Å². The van der Waals surface area contributed by atoms with E-state index in [-0.39, 0.29) is 29.7 Å². The van der Waals surface area contributed by atoms with Crippen molar-refractivity contribution in [2.75, 3.05) is 0 Å². The highest BCUT2D eigenvalue weighted by Crippen LogP contribution is 2.43. The summed E-state index contributed by atoms with van der Waals surface area (Å²) in [5.41, 5.74) is 12.5. The van der Waals surface area contributed by atoms with Gasteiger partial charge in [0.25, 0.3) is 0 Å². The van der Waals surface area contributed by atoms with Crippen molar-refractivity contribution in [1.82, 2.24) is 24.1 Å². The molecule has 0 aliphatic heterocycles. The van der Waals surface area contributed by atoms with Crippen LogP contribution >= 0.6 is 0 Å². The van der Waals surface area contributed by atoms with E-state index >= 15 is 0 Å². The number of hydrogen-bond donors (Lipinski definition) is 0. The molecular weight excluding hydrogens is 827 g/mol. The Balaban J connectivity index is 1.15. The van der Waals surface area contributed by atoms with Crippen molar-refractivity contribution in [2.45, 2.75) is 0 Å². The van der Waals surface area contributed by atoms with Gasteiger partial charge in [-0.3, -0.25) is 4.57 Å². The van der Waals surface area contributed by atoms with E-state index in [1.54, 1.807) is 0 Å². The summed E-state index contributed by atoms with van der Waals surface area (Å²) in [4.78, 5) is 16.2. The Kier molecular flexibility index (Phi) is 8.22. The largest absolute Gasteiger partial charge is 0.307 e. The third kappa shape index (κ3) is 6.68. The van der Waals surface area contributed by atoms with Crippen LogP contribution in [0.3, 0.4) is 0 Å². The predicted octanol–water partition coefficient (Wildman–Crippen LogP) is 16.1. The minimum absolute atomic E-state index is 0.128. The second-order valence-electron chi connectivity index (χ2n) is 16.8. The maximum absolute atomic E-state index is 9.12. The summed E-state index contributed by atoms with van der Waals surface area (Å²) >= 11 is 0. The molecule has 10 aromatic carbocycles. The molecule has 0 saturated carbocycles. The zero-order chi connectivity index (χ0) is 49.3. The fourth-order valence-electron chi connectivity index (χ4n) is 9.76. The summed E-state index contributed by atoms with van der Waals surface area (Å²) in [6.45, 7) is 0. The normalized spacial score (nSPS) is 12.6. The van der Waals surface area contributed by atoms with Crippen LogP contribution in [-0.4, -0.2) is 24.1 Å². The first kappa shape index (κ1) is 34.2. The molecule has 0 fully saturated rings. The monoisotopic (exact) mass is 872 g/mol. The van der Waals surface area contributed by atoms with Crippen LogP contribution in [0.1, 0.15) is 6.85 Å². The second kappa shape index (κ2) is 16.4. The third-order valence-corrected chi connectivity index (χ3v) is 12.8. The van der Waals surface area contributed by atoms with E-state index in [4.69, 9.17) is 21.8 Å². The van der Waals surface area contributed by atoms with Gasteiger partial charge in [0, 0.05) is 38.4 Å². The quantitative estimate of drug-likeness (QED) is 0.153. The van der Waals surface area contributed by atoms with Crippen molar-refractivity contribution >= 4 is 43.6 Å². The first-order valence-corrected chi connectivity index (χ1v) is 22.6. The van der Waals surface area contributed by atoms with Crippen LogP contribution in [0.25, 0.3) is 123 Å². The maximum Gasteiger partial charge on any atom is 0.238 e. The smallest absolute Gasteiger partial charge is 0.238 e. The van der Waals surface area contributed by atoms with Gasteiger partial charge in [0.05, 0.1) is 28.9 Å². The zero-order valence-electron chi connectivity index (χ0n) is 41.5. The van der Waals surface area contributed by atoms with Gasteiger partial charge in [0.2, 0.25) is 5.95 Å². The number of fused-ring (bicyclic) bond motifs is 7. The lowest BCUT2D eigenvalue weighted by Gasteiger charge is -2.16. The molecular formula is C63H41N5. The van der Waals surface area contributed by atoms with Gasteiger partial charge in [-0.1, -0.05) is 206 Å². The molecule has 3 heterocycles. The first-order chi connectivity index (χ1) is 35.8. The highest BCUT2D eigenvalue weighted by molar-refractivity contribution is 6.23. The number of benzene rings is 10. The van der Waals surface area contributed by atoms with Crippen LogP contribution in [0.2, 0.25) is 0 Å².